The summed E-state index contributed by atoms with van der Waals surface area (Å²) in [5.41, 5.74) is 0. The summed E-state index contributed by atoms with van der Waals surface area (Å²) in [4.78, 5) is 0. The maximum Gasteiger partial charge on any atom is 0.0590 e. The van der Waals surface area contributed by atoms with Gasteiger partial charge in [-0.1, -0.05) is 20.8 Å². The standard InChI is InChI=1S/C8H19O2P/c1-6(2)4-8(9)7(3)5-10-11/h6-9H,4-5,11H2,1-3H3. The van der Waals surface area contributed by atoms with Gasteiger partial charge in [0, 0.05) is 15.4 Å². The second-order valence-corrected chi connectivity index (χ2v) is 3.84. The predicted molar refractivity (Wildman–Crippen MR) is 50.3 cm³/mol. The monoisotopic (exact) mass is 178 g/mol. The molecule has 0 rings (SSSR count). The normalized spacial score (nSPS) is 16.9. The smallest absolute Gasteiger partial charge is 0.0590 e. The highest BCUT2D eigenvalue weighted by molar-refractivity contribution is 7.09. The third-order valence-corrected chi connectivity index (χ3v) is 1.92. The van der Waals surface area contributed by atoms with Crippen LogP contribution in [-0.4, -0.2) is 17.8 Å². The SMILES string of the molecule is CC(C)CC(O)C(C)COP. The van der Waals surface area contributed by atoms with Crippen molar-refractivity contribution in [2.24, 2.45) is 11.8 Å². The zero-order chi connectivity index (χ0) is 8.85. The quantitative estimate of drug-likeness (QED) is 0.651. The van der Waals surface area contributed by atoms with Crippen molar-refractivity contribution in [1.82, 2.24) is 0 Å². The van der Waals surface area contributed by atoms with Gasteiger partial charge in [-0.25, -0.2) is 0 Å². The van der Waals surface area contributed by atoms with E-state index in [2.05, 4.69) is 23.3 Å². The molecule has 0 spiro atoms. The van der Waals surface area contributed by atoms with Crippen LogP contribution in [0.3, 0.4) is 0 Å². The second-order valence-electron chi connectivity index (χ2n) is 3.51. The van der Waals surface area contributed by atoms with Gasteiger partial charge < -0.3 is 9.63 Å². The van der Waals surface area contributed by atoms with Crippen LogP contribution in [-0.2, 0) is 4.52 Å². The molecule has 0 aromatic carbocycles. The van der Waals surface area contributed by atoms with Crippen molar-refractivity contribution in [3.05, 3.63) is 0 Å². The molecule has 0 aromatic rings. The molecule has 68 valence electrons. The molecule has 1 N–H and O–H groups in total. The Bertz CT molecular complexity index is 96.1. The predicted octanol–water partition coefficient (Wildman–Crippen LogP) is 1.84. The summed E-state index contributed by atoms with van der Waals surface area (Å²) in [7, 11) is 2.20. The van der Waals surface area contributed by atoms with E-state index in [0.29, 0.717) is 12.5 Å². The summed E-state index contributed by atoms with van der Waals surface area (Å²) in [5, 5.41) is 9.53. The van der Waals surface area contributed by atoms with Crippen LogP contribution in [0.25, 0.3) is 0 Å². The summed E-state index contributed by atoms with van der Waals surface area (Å²) in [6, 6.07) is 0. The molecular weight excluding hydrogens is 159 g/mol. The molecule has 0 saturated carbocycles. The van der Waals surface area contributed by atoms with Gasteiger partial charge in [-0.15, -0.1) is 0 Å². The summed E-state index contributed by atoms with van der Waals surface area (Å²) in [6.45, 7) is 6.82. The summed E-state index contributed by atoms with van der Waals surface area (Å²) in [6.07, 6.45) is 0.630. The lowest BCUT2D eigenvalue weighted by atomic mass is 9.97. The lowest BCUT2D eigenvalue weighted by Gasteiger charge is -2.19. The van der Waals surface area contributed by atoms with Crippen molar-refractivity contribution in [3.8, 4) is 0 Å². The average Bonchev–Trinajstić information content (AvgIpc) is 1.86. The van der Waals surface area contributed by atoms with Crippen molar-refractivity contribution in [3.63, 3.8) is 0 Å². The third kappa shape index (κ3) is 5.60. The van der Waals surface area contributed by atoms with E-state index >= 15 is 0 Å². The molecule has 2 nitrogen and oxygen atoms in total. The Labute approximate surface area is 71.6 Å². The molecular formula is C8H19O2P. The van der Waals surface area contributed by atoms with Crippen molar-refractivity contribution >= 4 is 9.47 Å². The Morgan fingerprint density at radius 2 is 1.91 bits per heavy atom. The molecule has 0 fully saturated rings. The molecule has 0 aliphatic carbocycles. The van der Waals surface area contributed by atoms with Gasteiger partial charge in [0.1, 0.15) is 0 Å². The molecule has 3 heteroatoms. The molecule has 3 atom stereocenters. The van der Waals surface area contributed by atoms with Gasteiger partial charge in [0.05, 0.1) is 12.7 Å². The molecule has 0 radical (unpaired) electrons. The summed E-state index contributed by atoms with van der Waals surface area (Å²) < 4.78 is 4.86. The third-order valence-electron chi connectivity index (χ3n) is 1.73. The van der Waals surface area contributed by atoms with Crippen molar-refractivity contribution < 1.29 is 9.63 Å². The number of hydrogen-bond donors (Lipinski definition) is 1. The first-order chi connectivity index (χ1) is 5.07. The van der Waals surface area contributed by atoms with Crippen molar-refractivity contribution in [2.45, 2.75) is 33.3 Å². The van der Waals surface area contributed by atoms with Crippen LogP contribution >= 0.6 is 9.47 Å². The zero-order valence-corrected chi connectivity index (χ0v) is 8.73. The molecule has 0 bridgehead atoms. The maximum atomic E-state index is 9.53. The first kappa shape index (κ1) is 11.4. The highest BCUT2D eigenvalue weighted by Gasteiger charge is 2.14. The fourth-order valence-corrected chi connectivity index (χ4v) is 1.28. The molecule has 0 aliphatic rings. The Balaban J connectivity index is 3.54. The number of aliphatic hydroxyl groups is 1. The van der Waals surface area contributed by atoms with Gasteiger partial charge in [-0.3, -0.25) is 0 Å². The van der Waals surface area contributed by atoms with E-state index in [1.807, 2.05) is 6.92 Å². The molecule has 11 heavy (non-hydrogen) atoms. The second kappa shape index (κ2) is 5.93. The van der Waals surface area contributed by atoms with E-state index < -0.39 is 0 Å². The Kier molecular flexibility index (Phi) is 6.12. The zero-order valence-electron chi connectivity index (χ0n) is 7.58. The van der Waals surface area contributed by atoms with E-state index in [0.717, 1.165) is 6.42 Å². The minimum absolute atomic E-state index is 0.226. The van der Waals surface area contributed by atoms with Gasteiger partial charge in [0.25, 0.3) is 0 Å². The first-order valence-electron chi connectivity index (χ1n) is 4.07. The summed E-state index contributed by atoms with van der Waals surface area (Å²) >= 11 is 0. The van der Waals surface area contributed by atoms with Crippen LogP contribution < -0.4 is 0 Å². The highest BCUT2D eigenvalue weighted by Crippen LogP contribution is 2.13. The van der Waals surface area contributed by atoms with E-state index in [-0.39, 0.29) is 12.0 Å². The molecule has 0 heterocycles. The average molecular weight is 178 g/mol. The maximum absolute atomic E-state index is 9.53. The lowest BCUT2D eigenvalue weighted by molar-refractivity contribution is 0.0720. The number of aliphatic hydroxyl groups excluding tert-OH is 1. The highest BCUT2D eigenvalue weighted by atomic mass is 31.0. The van der Waals surface area contributed by atoms with Crippen molar-refractivity contribution in [1.29, 1.82) is 0 Å². The van der Waals surface area contributed by atoms with E-state index in [1.165, 1.54) is 0 Å². The Morgan fingerprint density at radius 1 is 1.36 bits per heavy atom. The van der Waals surface area contributed by atoms with Crippen LogP contribution in [0.2, 0.25) is 0 Å². The van der Waals surface area contributed by atoms with E-state index in [4.69, 9.17) is 4.52 Å². The molecule has 3 unspecified atom stereocenters. The summed E-state index contributed by atoms with van der Waals surface area (Å²) in [5.74, 6) is 0.784. The van der Waals surface area contributed by atoms with Crippen LogP contribution in [0.4, 0.5) is 0 Å². The lowest BCUT2D eigenvalue weighted by Crippen LogP contribution is -2.22. The molecule has 0 amide bonds. The van der Waals surface area contributed by atoms with Crippen LogP contribution in [0.15, 0.2) is 0 Å². The first-order valence-corrected chi connectivity index (χ1v) is 4.54. The topological polar surface area (TPSA) is 29.5 Å². The van der Waals surface area contributed by atoms with Gasteiger partial charge in [0.2, 0.25) is 0 Å². The van der Waals surface area contributed by atoms with Gasteiger partial charge in [-0.2, -0.15) is 0 Å². The largest absolute Gasteiger partial charge is 0.393 e. The van der Waals surface area contributed by atoms with Gasteiger partial charge >= 0.3 is 0 Å². The van der Waals surface area contributed by atoms with Gasteiger partial charge in [0.15, 0.2) is 0 Å². The minimum atomic E-state index is -0.226. The van der Waals surface area contributed by atoms with Crippen LogP contribution in [0.5, 0.6) is 0 Å². The Morgan fingerprint density at radius 3 is 2.27 bits per heavy atom. The van der Waals surface area contributed by atoms with E-state index in [1.54, 1.807) is 0 Å². The minimum Gasteiger partial charge on any atom is -0.393 e. The van der Waals surface area contributed by atoms with Crippen LogP contribution in [0, 0.1) is 11.8 Å². The molecule has 0 aromatic heterocycles. The molecule has 0 saturated heterocycles. The number of rotatable bonds is 5. The van der Waals surface area contributed by atoms with Crippen LogP contribution in [0.1, 0.15) is 27.2 Å². The fourth-order valence-electron chi connectivity index (χ4n) is 0.978. The Hall–Kier alpha value is 0.350. The van der Waals surface area contributed by atoms with Gasteiger partial charge in [-0.05, 0) is 12.3 Å². The number of hydrogen-bond acceptors (Lipinski definition) is 2. The molecule has 0 aliphatic heterocycles. The van der Waals surface area contributed by atoms with E-state index in [9.17, 15) is 5.11 Å². The van der Waals surface area contributed by atoms with Crippen molar-refractivity contribution in [2.75, 3.05) is 6.61 Å². The fraction of sp³-hybridized carbons (Fsp3) is 1.00.